The summed E-state index contributed by atoms with van der Waals surface area (Å²) in [5.41, 5.74) is 3.52. The standard InChI is InChI=1S/C21H19NOS/c1-16-12-14-19(15-13-16)24(23)21-20(17-8-4-2-5-9-17)22(21)18-10-6-3-7-11-18/h2-15,20-21H,1H3/t20-,21+,22?,24?/m1/s1. The highest BCUT2D eigenvalue weighted by atomic mass is 32.2. The van der Waals surface area contributed by atoms with Crippen molar-refractivity contribution < 1.29 is 4.21 Å². The van der Waals surface area contributed by atoms with E-state index in [0.717, 1.165) is 10.6 Å². The van der Waals surface area contributed by atoms with Crippen molar-refractivity contribution in [3.63, 3.8) is 0 Å². The smallest absolute Gasteiger partial charge is 0.135 e. The zero-order valence-electron chi connectivity index (χ0n) is 13.5. The quantitative estimate of drug-likeness (QED) is 0.646. The van der Waals surface area contributed by atoms with Gasteiger partial charge in [0.2, 0.25) is 0 Å². The van der Waals surface area contributed by atoms with Crippen LogP contribution in [0.2, 0.25) is 0 Å². The van der Waals surface area contributed by atoms with Gasteiger partial charge in [0, 0.05) is 10.6 Å². The van der Waals surface area contributed by atoms with Crippen molar-refractivity contribution in [2.45, 2.75) is 23.2 Å². The zero-order chi connectivity index (χ0) is 16.5. The number of anilines is 1. The van der Waals surface area contributed by atoms with Gasteiger partial charge in [0.05, 0.1) is 16.8 Å². The third-order valence-electron chi connectivity index (χ3n) is 4.42. The van der Waals surface area contributed by atoms with Gasteiger partial charge in [-0.3, -0.25) is 4.21 Å². The summed E-state index contributed by atoms with van der Waals surface area (Å²) in [5, 5.41) is -0.0162. The number of nitrogens with zero attached hydrogens (tertiary/aromatic N) is 1. The van der Waals surface area contributed by atoms with Crippen LogP contribution in [0.3, 0.4) is 0 Å². The molecule has 24 heavy (non-hydrogen) atoms. The van der Waals surface area contributed by atoms with Crippen molar-refractivity contribution in [1.82, 2.24) is 0 Å². The van der Waals surface area contributed by atoms with Gasteiger partial charge in [0.25, 0.3) is 0 Å². The van der Waals surface area contributed by atoms with Gasteiger partial charge in [-0.15, -0.1) is 0 Å². The molecule has 3 atom stereocenters. The van der Waals surface area contributed by atoms with E-state index in [0.29, 0.717) is 0 Å². The molecule has 1 unspecified atom stereocenters. The lowest BCUT2D eigenvalue weighted by Crippen LogP contribution is -2.06. The molecule has 0 amide bonds. The third kappa shape index (κ3) is 2.76. The molecule has 1 aliphatic rings. The van der Waals surface area contributed by atoms with Crippen molar-refractivity contribution in [2.75, 3.05) is 4.90 Å². The van der Waals surface area contributed by atoms with Crippen LogP contribution < -0.4 is 4.90 Å². The van der Waals surface area contributed by atoms with Crippen molar-refractivity contribution in [1.29, 1.82) is 0 Å². The second kappa shape index (κ2) is 6.25. The Bertz CT molecular complexity index is 801. The van der Waals surface area contributed by atoms with Gasteiger partial charge < -0.3 is 4.90 Å². The van der Waals surface area contributed by atoms with Crippen LogP contribution in [0.25, 0.3) is 0 Å². The minimum absolute atomic E-state index is 0.0162. The Morgan fingerprint density at radius 2 is 1.38 bits per heavy atom. The lowest BCUT2D eigenvalue weighted by Gasteiger charge is -2.06. The highest BCUT2D eigenvalue weighted by molar-refractivity contribution is 7.86. The van der Waals surface area contributed by atoms with Gasteiger partial charge >= 0.3 is 0 Å². The summed E-state index contributed by atoms with van der Waals surface area (Å²) >= 11 is 0. The van der Waals surface area contributed by atoms with Gasteiger partial charge in [-0.2, -0.15) is 0 Å². The maximum Gasteiger partial charge on any atom is 0.135 e. The minimum Gasteiger partial charge on any atom is -0.344 e. The molecule has 0 aromatic heterocycles. The summed E-state index contributed by atoms with van der Waals surface area (Å²) < 4.78 is 13.2. The second-order valence-electron chi connectivity index (χ2n) is 6.10. The van der Waals surface area contributed by atoms with Crippen LogP contribution in [0.4, 0.5) is 5.69 Å². The maximum absolute atomic E-state index is 13.2. The molecule has 1 fully saturated rings. The minimum atomic E-state index is -1.07. The van der Waals surface area contributed by atoms with Crippen LogP contribution in [0.15, 0.2) is 89.8 Å². The molecule has 2 nitrogen and oxygen atoms in total. The summed E-state index contributed by atoms with van der Waals surface area (Å²) in [4.78, 5) is 3.15. The van der Waals surface area contributed by atoms with Crippen LogP contribution in [-0.4, -0.2) is 9.58 Å². The Labute approximate surface area is 145 Å². The fraction of sp³-hybridized carbons (Fsp3) is 0.143. The Morgan fingerprint density at radius 3 is 2.00 bits per heavy atom. The number of hydrogen-bond acceptors (Lipinski definition) is 2. The highest BCUT2D eigenvalue weighted by Crippen LogP contribution is 2.49. The molecule has 0 radical (unpaired) electrons. The molecule has 120 valence electrons. The van der Waals surface area contributed by atoms with E-state index >= 15 is 0 Å². The Balaban J connectivity index is 1.69. The molecule has 4 rings (SSSR count). The molecule has 3 heteroatoms. The molecule has 3 aromatic carbocycles. The van der Waals surface area contributed by atoms with Crippen molar-refractivity contribution in [2.24, 2.45) is 0 Å². The maximum atomic E-state index is 13.2. The fourth-order valence-electron chi connectivity index (χ4n) is 3.12. The molecule has 0 spiro atoms. The molecule has 0 aliphatic carbocycles. The van der Waals surface area contributed by atoms with Crippen LogP contribution in [0.1, 0.15) is 17.2 Å². The first-order chi connectivity index (χ1) is 11.8. The molecule has 3 aromatic rings. The molecule has 1 aliphatic heterocycles. The van der Waals surface area contributed by atoms with Crippen LogP contribution in [0.5, 0.6) is 0 Å². The molecule has 1 saturated heterocycles. The summed E-state index contributed by atoms with van der Waals surface area (Å²) in [5.74, 6) is 0. The molecule has 1 heterocycles. The molecular weight excluding hydrogens is 314 g/mol. The van der Waals surface area contributed by atoms with E-state index in [1.165, 1.54) is 11.1 Å². The van der Waals surface area contributed by atoms with E-state index in [4.69, 9.17) is 0 Å². The summed E-state index contributed by atoms with van der Waals surface area (Å²) in [7, 11) is -1.07. The monoisotopic (exact) mass is 333 g/mol. The number of hydrogen-bond donors (Lipinski definition) is 0. The SMILES string of the molecule is Cc1ccc(S(=O)[C@H]2[C@@H](c3ccccc3)N2c2ccccc2)cc1. The van der Waals surface area contributed by atoms with Crippen LogP contribution >= 0.6 is 0 Å². The van der Waals surface area contributed by atoms with E-state index in [1.54, 1.807) is 0 Å². The predicted octanol–water partition coefficient (Wildman–Crippen LogP) is 4.69. The Kier molecular flexibility index (Phi) is 3.95. The van der Waals surface area contributed by atoms with E-state index in [1.807, 2.05) is 67.6 Å². The van der Waals surface area contributed by atoms with Crippen LogP contribution in [0, 0.1) is 6.92 Å². The van der Waals surface area contributed by atoms with Gasteiger partial charge in [-0.05, 0) is 36.8 Å². The van der Waals surface area contributed by atoms with Crippen LogP contribution in [-0.2, 0) is 10.8 Å². The van der Waals surface area contributed by atoms with Gasteiger partial charge in [0.1, 0.15) is 5.37 Å². The van der Waals surface area contributed by atoms with E-state index in [2.05, 4.69) is 29.2 Å². The molecule has 0 bridgehead atoms. The summed E-state index contributed by atoms with van der Waals surface area (Å²) in [6.45, 7) is 2.05. The Hall–Kier alpha value is -2.39. The largest absolute Gasteiger partial charge is 0.344 e. The van der Waals surface area contributed by atoms with Gasteiger partial charge in [0.15, 0.2) is 0 Å². The van der Waals surface area contributed by atoms with Gasteiger partial charge in [-0.1, -0.05) is 66.2 Å². The topological polar surface area (TPSA) is 20.1 Å². The van der Waals surface area contributed by atoms with E-state index in [-0.39, 0.29) is 11.4 Å². The normalized spacial score (nSPS) is 20.6. The lowest BCUT2D eigenvalue weighted by molar-refractivity contribution is 0.681. The zero-order valence-corrected chi connectivity index (χ0v) is 14.3. The average molecular weight is 333 g/mol. The number of para-hydroxylation sites is 1. The molecule has 0 N–H and O–H groups in total. The molecule has 0 saturated carbocycles. The molecular formula is C21H19NOS. The number of benzene rings is 3. The Morgan fingerprint density at radius 1 is 0.792 bits per heavy atom. The average Bonchev–Trinajstić information content (AvgIpc) is 3.39. The van der Waals surface area contributed by atoms with Crippen molar-refractivity contribution in [3.8, 4) is 0 Å². The number of rotatable bonds is 4. The second-order valence-corrected chi connectivity index (χ2v) is 7.65. The van der Waals surface area contributed by atoms with E-state index < -0.39 is 10.8 Å². The third-order valence-corrected chi connectivity index (χ3v) is 6.08. The lowest BCUT2D eigenvalue weighted by atomic mass is 10.1. The first-order valence-electron chi connectivity index (χ1n) is 8.11. The predicted molar refractivity (Wildman–Crippen MR) is 99.5 cm³/mol. The summed E-state index contributed by atoms with van der Waals surface area (Å²) in [6, 6.07) is 28.8. The first-order valence-corrected chi connectivity index (χ1v) is 9.32. The summed E-state index contributed by atoms with van der Waals surface area (Å²) in [6.07, 6.45) is 0. The van der Waals surface area contributed by atoms with E-state index in [9.17, 15) is 4.21 Å². The fourth-order valence-corrected chi connectivity index (χ4v) is 4.72. The number of aryl methyl sites for hydroxylation is 1. The first kappa shape index (κ1) is 15.2. The van der Waals surface area contributed by atoms with Crippen molar-refractivity contribution >= 4 is 16.5 Å². The van der Waals surface area contributed by atoms with Gasteiger partial charge in [-0.25, -0.2) is 0 Å². The highest BCUT2D eigenvalue weighted by Gasteiger charge is 2.52. The van der Waals surface area contributed by atoms with Crippen molar-refractivity contribution in [3.05, 3.63) is 96.1 Å².